The molecule has 12 heterocycles. The van der Waals surface area contributed by atoms with Gasteiger partial charge in [-0.25, -0.2) is 0 Å². The van der Waals surface area contributed by atoms with Crippen LogP contribution in [0.5, 0.6) is 0 Å². The molecule has 12 aliphatic heterocycles. The molecule has 0 radical (unpaired) electrons. The summed E-state index contributed by atoms with van der Waals surface area (Å²) in [7, 11) is 1.57. The van der Waals surface area contributed by atoms with E-state index in [1.54, 1.807) is 42.3 Å². The zero-order valence-corrected chi connectivity index (χ0v) is 58.6. The first kappa shape index (κ1) is 75.2. The number of fused-ring (bicyclic) bond motifs is 6. The highest BCUT2D eigenvalue weighted by molar-refractivity contribution is 6.13. The number of carbonyl (C=O) groups is 9. The first-order chi connectivity index (χ1) is 49.2. The van der Waals surface area contributed by atoms with Crippen molar-refractivity contribution in [3.05, 3.63) is 72.4 Å². The van der Waals surface area contributed by atoms with Crippen molar-refractivity contribution in [3.63, 3.8) is 0 Å². The second-order valence-corrected chi connectivity index (χ2v) is 29.2. The van der Waals surface area contributed by atoms with Gasteiger partial charge in [-0.1, -0.05) is 50.4 Å². The molecular formula is C73H102N8O21. The molecule has 102 heavy (non-hydrogen) atoms. The van der Waals surface area contributed by atoms with Crippen LogP contribution in [-0.4, -0.2) is 281 Å². The molecule has 29 nitrogen and oxygen atoms in total. The van der Waals surface area contributed by atoms with E-state index in [0.717, 1.165) is 48.2 Å². The first-order valence-corrected chi connectivity index (χ1v) is 36.7. The third-order valence-electron chi connectivity index (χ3n) is 22.1. The second-order valence-electron chi connectivity index (χ2n) is 29.2. The lowest BCUT2D eigenvalue weighted by Crippen LogP contribution is -2.61. The van der Waals surface area contributed by atoms with Gasteiger partial charge in [0, 0.05) is 129 Å². The quantitative estimate of drug-likeness (QED) is 0.0723. The van der Waals surface area contributed by atoms with Crippen LogP contribution in [0.2, 0.25) is 0 Å². The molecule has 29 heteroatoms. The Hall–Kier alpha value is -6.45. The Morgan fingerprint density at radius 3 is 2.08 bits per heavy atom. The number of amides is 8. The summed E-state index contributed by atoms with van der Waals surface area (Å²) in [5, 5.41) is 24.6. The molecule has 560 valence electrons. The van der Waals surface area contributed by atoms with Crippen molar-refractivity contribution in [2.24, 2.45) is 11.8 Å². The molecule has 3 unspecified atom stereocenters. The second kappa shape index (κ2) is 34.6. The van der Waals surface area contributed by atoms with E-state index in [-0.39, 0.29) is 150 Å². The predicted molar refractivity (Wildman–Crippen MR) is 361 cm³/mol. The number of benzene rings is 1. The van der Waals surface area contributed by atoms with Crippen LogP contribution in [0.15, 0.2) is 66.8 Å². The highest BCUT2D eigenvalue weighted by Crippen LogP contribution is 2.54. The normalized spacial score (nSPS) is 34.9. The monoisotopic (exact) mass is 1430 g/mol. The van der Waals surface area contributed by atoms with Gasteiger partial charge >= 0.3 is 0 Å². The maximum atomic E-state index is 14.6. The average Bonchev–Trinajstić information content (AvgIpc) is 1.55. The number of methoxy groups -OCH3 is 1. The standard InChI is InChI=1S/C73H102N8O21/c1-42-30-48-10-12-53-43(2)31-50(95-53)16-19-73-37-58-68(101-73)69-70(100-58)71(102-73)67-54(99-69)13-11-49(97-67)33-46(82)34-51-56(36-55(96-48)44(42)3)98-57(66(51)92-4)35-47(83)38-74-61(86)40-77-72(91)52(32-45-8-6-5-7-9-45)78-62(87)41-76-60(85)39-75-59(84)17-20-79-22-26-93-28-24-80(25-29-94-27-23-79)63(88)18-21-81-64(89)14-15-65(81)90/h5-9,14-15,42,47-58,66-71,83H,2-3,10-13,16-41H2,1,4H3,(H,74,86)(H,75,84)(H,76,85)(H,77,91)(H,78,87)/t42-,47+,48+,49-,50+,51+,52+,53+,54+,55-,56+,57-,58?,66-,67+,68+,69?,70?,71+,73+/m1/s1. The molecule has 8 amide bonds. The smallest absolute Gasteiger partial charge is 0.253 e. The molecule has 6 N–H and O–H groups in total. The minimum atomic E-state index is -1.17. The number of nitrogens with one attached hydrogen (secondary N) is 5. The first-order valence-electron chi connectivity index (χ1n) is 36.7. The zero-order valence-electron chi connectivity index (χ0n) is 58.6. The average molecular weight is 1430 g/mol. The van der Waals surface area contributed by atoms with Crippen molar-refractivity contribution in [2.45, 2.75) is 219 Å². The number of ether oxygens (including phenoxy) is 11. The fourth-order valence-corrected chi connectivity index (χ4v) is 16.6. The minimum absolute atomic E-state index is 0.0165. The van der Waals surface area contributed by atoms with Crippen molar-refractivity contribution in [3.8, 4) is 0 Å². The van der Waals surface area contributed by atoms with Crippen LogP contribution in [0.1, 0.15) is 109 Å². The van der Waals surface area contributed by atoms with Crippen molar-refractivity contribution in [2.75, 3.05) is 99.0 Å². The maximum absolute atomic E-state index is 14.6. The predicted octanol–water partition coefficient (Wildman–Crippen LogP) is 0.554. The Labute approximate surface area is 594 Å². The Morgan fingerprint density at radius 1 is 0.647 bits per heavy atom. The number of ketones is 1. The Bertz CT molecular complexity index is 3200. The van der Waals surface area contributed by atoms with Gasteiger partial charge in [-0.15, -0.1) is 0 Å². The molecule has 0 aromatic heterocycles. The molecule has 1 aromatic rings. The highest BCUT2D eigenvalue weighted by Gasteiger charge is 2.69. The zero-order chi connectivity index (χ0) is 71.6. The van der Waals surface area contributed by atoms with Crippen molar-refractivity contribution in [1.82, 2.24) is 41.3 Å². The third-order valence-corrected chi connectivity index (χ3v) is 22.1. The van der Waals surface area contributed by atoms with E-state index in [1.807, 2.05) is 4.90 Å². The molecule has 13 rings (SSSR count). The third kappa shape index (κ3) is 19.0. The van der Waals surface area contributed by atoms with E-state index in [2.05, 4.69) is 46.7 Å². The molecule has 11 saturated heterocycles. The van der Waals surface area contributed by atoms with E-state index < -0.39 is 121 Å². The van der Waals surface area contributed by atoms with Crippen LogP contribution in [0.3, 0.4) is 0 Å². The fourth-order valence-electron chi connectivity index (χ4n) is 16.6. The van der Waals surface area contributed by atoms with Gasteiger partial charge in [-0.2, -0.15) is 0 Å². The Kier molecular flexibility index (Phi) is 25.6. The number of aliphatic hydroxyl groups is 1. The molecule has 0 aliphatic carbocycles. The van der Waals surface area contributed by atoms with Crippen molar-refractivity contribution < 1.29 is 100 Å². The van der Waals surface area contributed by atoms with E-state index >= 15 is 0 Å². The number of nitrogens with zero attached hydrogens (tertiary/aromatic N) is 3. The van der Waals surface area contributed by atoms with Crippen LogP contribution >= 0.6 is 0 Å². The van der Waals surface area contributed by atoms with Gasteiger partial charge in [-0.3, -0.25) is 53.0 Å². The Balaban J connectivity index is 0.596. The summed E-state index contributed by atoms with van der Waals surface area (Å²) in [5.74, 6) is -5.38. The number of hydrogen-bond acceptors (Lipinski definition) is 22. The minimum Gasteiger partial charge on any atom is -0.391 e. The summed E-state index contributed by atoms with van der Waals surface area (Å²) >= 11 is 0. The van der Waals surface area contributed by atoms with Gasteiger partial charge in [0.05, 0.1) is 113 Å². The lowest BCUT2D eigenvalue weighted by atomic mass is 9.81. The van der Waals surface area contributed by atoms with Crippen LogP contribution in [0, 0.1) is 11.8 Å². The lowest BCUT2D eigenvalue weighted by molar-refractivity contribution is -0.292. The number of rotatable bonds is 21. The molecule has 12 aliphatic rings. The molecular weight excluding hydrogens is 1320 g/mol. The molecule has 20 atom stereocenters. The number of Topliss-reactive ketones (excluding diaryl/α,β-unsaturated/α-hetero) is 1. The summed E-state index contributed by atoms with van der Waals surface area (Å²) in [5.41, 5.74) is 2.72. The summed E-state index contributed by atoms with van der Waals surface area (Å²) < 4.78 is 72.5. The van der Waals surface area contributed by atoms with Crippen molar-refractivity contribution in [1.29, 1.82) is 0 Å². The number of imide groups is 1. The molecule has 11 fully saturated rings. The number of aliphatic hydroxyl groups excluding tert-OH is 1. The van der Waals surface area contributed by atoms with E-state index in [4.69, 9.17) is 52.1 Å². The summed E-state index contributed by atoms with van der Waals surface area (Å²) in [6, 6.07) is 7.74. The van der Waals surface area contributed by atoms with Crippen LogP contribution in [0.25, 0.3) is 0 Å². The molecule has 1 aromatic carbocycles. The molecule has 1 spiro atoms. The maximum Gasteiger partial charge on any atom is 0.253 e. The largest absolute Gasteiger partial charge is 0.391 e. The van der Waals surface area contributed by atoms with Gasteiger partial charge < -0.3 is 88.7 Å². The van der Waals surface area contributed by atoms with Crippen molar-refractivity contribution >= 4 is 53.0 Å². The van der Waals surface area contributed by atoms with Gasteiger partial charge in [-0.05, 0) is 67.6 Å². The summed E-state index contributed by atoms with van der Waals surface area (Å²) in [6.07, 6.45) is 3.24. The van der Waals surface area contributed by atoms with Crippen LogP contribution < -0.4 is 26.6 Å². The van der Waals surface area contributed by atoms with E-state index in [1.165, 1.54) is 12.2 Å². The highest BCUT2D eigenvalue weighted by atomic mass is 16.8. The molecule has 12 bridgehead atoms. The van der Waals surface area contributed by atoms with Crippen LogP contribution in [0.4, 0.5) is 0 Å². The number of hydrogen-bond donors (Lipinski definition) is 6. The van der Waals surface area contributed by atoms with Gasteiger partial charge in [0.15, 0.2) is 5.79 Å². The topological polar surface area (TPSA) is 345 Å². The van der Waals surface area contributed by atoms with Crippen LogP contribution in [-0.2, 0) is 102 Å². The van der Waals surface area contributed by atoms with Gasteiger partial charge in [0.2, 0.25) is 35.4 Å². The van der Waals surface area contributed by atoms with Gasteiger partial charge in [0.1, 0.15) is 42.3 Å². The summed E-state index contributed by atoms with van der Waals surface area (Å²) in [4.78, 5) is 122. The number of carbonyl (C=O) groups excluding carboxylic acids is 9. The SMILES string of the molecule is C=C1C[C@@H]2CC[C@@]34CC5OC6C(O[C@H]7CC[C@H](CC(=O)C[C@@H]8[C@@H](OC)[C@@H](C[C@H](O)CNC(=O)CNC(=O)[C@H](Cc9ccccc9)NC(=O)CNC(=O)CNC(=O)CCN9CCOCCN(C(=O)CCN%10C(=O)C=CC%10=O)CCOCC9)O[C@H]8C[C@H]8O[C@@H](CC[C@@H]1O2)C[C@@H](C)C8=C)O[C@@H]7[C@@H]6O3)[C@H]5O4. The van der Waals surface area contributed by atoms with Gasteiger partial charge in [0.25, 0.3) is 11.8 Å². The fraction of sp³-hybridized carbons (Fsp3) is 0.712. The van der Waals surface area contributed by atoms with E-state index in [0.29, 0.717) is 70.5 Å². The van der Waals surface area contributed by atoms with E-state index in [9.17, 15) is 48.3 Å². The molecule has 0 saturated carbocycles. The Morgan fingerprint density at radius 2 is 1.31 bits per heavy atom. The lowest BCUT2D eigenvalue weighted by Gasteiger charge is -2.47. The summed E-state index contributed by atoms with van der Waals surface area (Å²) in [6.45, 7) is 12.4.